The number of likely N-dealkylation sites (tertiary alicyclic amines) is 1. The van der Waals surface area contributed by atoms with Crippen molar-refractivity contribution >= 4 is 18.0 Å². The van der Waals surface area contributed by atoms with Crippen LogP contribution in [0.1, 0.15) is 67.9 Å². The van der Waals surface area contributed by atoms with Crippen LogP contribution >= 0.6 is 0 Å². The van der Waals surface area contributed by atoms with Crippen LogP contribution in [0.15, 0.2) is 65.1 Å². The fourth-order valence-electron chi connectivity index (χ4n) is 5.41. The molecule has 0 aliphatic carbocycles. The van der Waals surface area contributed by atoms with Gasteiger partial charge in [-0.3, -0.25) is 15.0 Å². The van der Waals surface area contributed by atoms with Gasteiger partial charge in [0.05, 0.1) is 34.4 Å². The number of carbonyl (C=O) groups is 3. The molecule has 2 N–H and O–H groups in total. The highest BCUT2D eigenvalue weighted by Gasteiger charge is 2.47. The number of nitro groups is 1. The summed E-state index contributed by atoms with van der Waals surface area (Å²) in [5.74, 6) is -5.26. The number of allylic oxidation sites excluding steroid dienone is 2. The summed E-state index contributed by atoms with van der Waals surface area (Å²) in [7, 11) is 0. The van der Waals surface area contributed by atoms with Crippen LogP contribution in [0.2, 0.25) is 0 Å². The lowest BCUT2D eigenvalue weighted by atomic mass is 9.81. The summed E-state index contributed by atoms with van der Waals surface area (Å²) in [6, 6.07) is 7.27. The first-order valence-corrected chi connectivity index (χ1v) is 14.0. The van der Waals surface area contributed by atoms with Gasteiger partial charge in [-0.25, -0.2) is 23.2 Å². The van der Waals surface area contributed by atoms with Gasteiger partial charge in [0.2, 0.25) is 0 Å². The first-order valence-electron chi connectivity index (χ1n) is 14.0. The number of rotatable bonds is 8. The Balaban J connectivity index is 1.97. The number of carboxylic acids is 1. The fraction of sp³-hybridized carbons (Fsp3) is 0.387. The number of nitrogens with zero attached hydrogens (tertiary/aromatic N) is 2. The molecule has 1 saturated heterocycles. The van der Waals surface area contributed by atoms with E-state index in [1.807, 2.05) is 0 Å². The highest BCUT2D eigenvalue weighted by Crippen LogP contribution is 2.43. The number of carboxylic acid groups (broad SMARTS) is 1. The molecular weight excluding hydrogens is 580 g/mol. The minimum atomic E-state index is -1.40. The topological polar surface area (TPSA) is 148 Å². The lowest BCUT2D eigenvalue weighted by Crippen LogP contribution is -2.46. The molecule has 2 aromatic rings. The van der Waals surface area contributed by atoms with Crippen molar-refractivity contribution in [2.24, 2.45) is 0 Å². The van der Waals surface area contributed by atoms with Gasteiger partial charge in [-0.1, -0.05) is 18.2 Å². The van der Waals surface area contributed by atoms with E-state index in [0.29, 0.717) is 18.9 Å². The number of carbonyl (C=O) groups excluding carboxylic acids is 2. The molecule has 0 radical (unpaired) electrons. The number of esters is 1. The minimum absolute atomic E-state index is 0.0532. The van der Waals surface area contributed by atoms with Crippen molar-refractivity contribution in [3.63, 3.8) is 0 Å². The van der Waals surface area contributed by atoms with E-state index in [1.54, 1.807) is 27.7 Å². The van der Waals surface area contributed by atoms with Crippen LogP contribution in [0.25, 0.3) is 0 Å². The predicted molar refractivity (Wildman–Crippen MR) is 153 cm³/mol. The number of hydrogen-bond acceptors (Lipinski definition) is 8. The fourth-order valence-corrected chi connectivity index (χ4v) is 5.41. The Kier molecular flexibility index (Phi) is 9.36. The molecule has 2 unspecified atom stereocenters. The lowest BCUT2D eigenvalue weighted by molar-refractivity contribution is -0.431. The van der Waals surface area contributed by atoms with E-state index in [0.717, 1.165) is 6.07 Å². The zero-order valence-electron chi connectivity index (χ0n) is 24.7. The number of nitrogens with one attached hydrogen (secondary N) is 1. The van der Waals surface area contributed by atoms with Crippen molar-refractivity contribution in [1.82, 2.24) is 10.2 Å². The molecule has 2 aliphatic rings. The molecule has 1 fully saturated rings. The third-order valence-electron chi connectivity index (χ3n) is 7.23. The molecule has 234 valence electrons. The van der Waals surface area contributed by atoms with Gasteiger partial charge in [-0.05, 0) is 69.9 Å². The van der Waals surface area contributed by atoms with Crippen LogP contribution in [0.5, 0.6) is 0 Å². The van der Waals surface area contributed by atoms with E-state index < -0.39 is 57.8 Å². The van der Waals surface area contributed by atoms with Gasteiger partial charge in [0.15, 0.2) is 0 Å². The molecule has 0 saturated carbocycles. The Bertz CT molecular complexity index is 1550. The summed E-state index contributed by atoms with van der Waals surface area (Å²) in [5.41, 5.74) is -1.38. The van der Waals surface area contributed by atoms with E-state index in [4.69, 9.17) is 9.47 Å². The van der Waals surface area contributed by atoms with Crippen molar-refractivity contribution in [2.45, 2.75) is 64.5 Å². The summed E-state index contributed by atoms with van der Waals surface area (Å²) >= 11 is 0. The van der Waals surface area contributed by atoms with Crippen LogP contribution in [-0.4, -0.2) is 57.8 Å². The summed E-state index contributed by atoms with van der Waals surface area (Å²) in [6.45, 7) is 6.89. The Morgan fingerprint density at radius 3 is 2.39 bits per heavy atom. The summed E-state index contributed by atoms with van der Waals surface area (Å²) in [5, 5.41) is 25.1. The summed E-state index contributed by atoms with van der Waals surface area (Å²) < 4.78 is 39.5. The van der Waals surface area contributed by atoms with Gasteiger partial charge in [0.1, 0.15) is 23.2 Å². The number of ether oxygens (including phenoxy) is 2. The van der Waals surface area contributed by atoms with Gasteiger partial charge < -0.3 is 19.9 Å². The van der Waals surface area contributed by atoms with Crippen LogP contribution in [0, 0.1) is 21.7 Å². The molecule has 2 aromatic carbocycles. The van der Waals surface area contributed by atoms with E-state index in [2.05, 4.69) is 5.32 Å². The van der Waals surface area contributed by atoms with E-state index in [1.165, 1.54) is 35.2 Å². The molecule has 1 amide bonds. The quantitative estimate of drug-likeness (QED) is 0.230. The standard InChI is InChI=1S/C31H33F2N3O8/c1-5-43-29(39)25-24(17-8-10-18(11-9-17)28(37)38)27(36(41)42)22(15-19-12-13-20(32)16-21(19)33)34-26(25)23-7-6-14-35(23)30(40)44-31(2,3)4/h8-13,16,23-24,34H,5-7,14-15H2,1-4H3,(H,37,38). The monoisotopic (exact) mass is 613 g/mol. The van der Waals surface area contributed by atoms with Gasteiger partial charge in [0.25, 0.3) is 5.70 Å². The average Bonchev–Trinajstić information content (AvgIpc) is 3.43. The Hall–Kier alpha value is -4.81. The second kappa shape index (κ2) is 12.8. The van der Waals surface area contributed by atoms with Crippen LogP contribution in [0.3, 0.4) is 0 Å². The second-order valence-electron chi connectivity index (χ2n) is 11.4. The third-order valence-corrected chi connectivity index (χ3v) is 7.23. The molecule has 0 aromatic heterocycles. The number of halogens is 2. The largest absolute Gasteiger partial charge is 0.478 e. The van der Waals surface area contributed by atoms with Crippen molar-refractivity contribution in [3.05, 3.63) is 104 Å². The van der Waals surface area contributed by atoms with Crippen LogP contribution in [-0.2, 0) is 20.7 Å². The van der Waals surface area contributed by atoms with Gasteiger partial charge in [-0.2, -0.15) is 0 Å². The first-order chi connectivity index (χ1) is 20.7. The summed E-state index contributed by atoms with van der Waals surface area (Å²) in [4.78, 5) is 51.9. The Morgan fingerprint density at radius 1 is 1.14 bits per heavy atom. The predicted octanol–water partition coefficient (Wildman–Crippen LogP) is 5.30. The number of benzene rings is 2. The van der Waals surface area contributed by atoms with Crippen LogP contribution in [0.4, 0.5) is 13.6 Å². The average molecular weight is 614 g/mol. The molecular formula is C31H33F2N3O8. The minimum Gasteiger partial charge on any atom is -0.478 e. The number of dihydropyridines is 1. The SMILES string of the molecule is CCOC(=O)C1=C(C2CCCN2C(=O)OC(C)(C)C)NC(Cc2ccc(F)cc2F)=C([N+](=O)[O-])C1c1ccc(C(=O)O)cc1. The van der Waals surface area contributed by atoms with Crippen molar-refractivity contribution in [3.8, 4) is 0 Å². The van der Waals surface area contributed by atoms with E-state index >= 15 is 0 Å². The Labute approximate surface area is 252 Å². The third kappa shape index (κ3) is 6.87. The van der Waals surface area contributed by atoms with Gasteiger partial charge in [-0.15, -0.1) is 0 Å². The lowest BCUT2D eigenvalue weighted by Gasteiger charge is -2.35. The molecule has 0 bridgehead atoms. The highest BCUT2D eigenvalue weighted by molar-refractivity contribution is 5.93. The molecule has 2 heterocycles. The van der Waals surface area contributed by atoms with Crippen molar-refractivity contribution < 1.29 is 42.7 Å². The second-order valence-corrected chi connectivity index (χ2v) is 11.4. The smallest absolute Gasteiger partial charge is 0.410 e. The number of hydrogen-bond donors (Lipinski definition) is 2. The van der Waals surface area contributed by atoms with Gasteiger partial charge in [0, 0.05) is 24.7 Å². The van der Waals surface area contributed by atoms with Gasteiger partial charge >= 0.3 is 18.0 Å². The molecule has 44 heavy (non-hydrogen) atoms. The molecule has 0 spiro atoms. The van der Waals surface area contributed by atoms with E-state index in [-0.39, 0.29) is 53.2 Å². The first kappa shape index (κ1) is 32.1. The molecule has 11 nitrogen and oxygen atoms in total. The van der Waals surface area contributed by atoms with Crippen molar-refractivity contribution in [1.29, 1.82) is 0 Å². The maximum atomic E-state index is 14.8. The summed E-state index contributed by atoms with van der Waals surface area (Å²) in [6.07, 6.45) is -0.154. The zero-order valence-corrected chi connectivity index (χ0v) is 24.7. The highest BCUT2D eigenvalue weighted by atomic mass is 19.1. The van der Waals surface area contributed by atoms with E-state index in [9.17, 15) is 38.4 Å². The Morgan fingerprint density at radius 2 is 1.82 bits per heavy atom. The maximum Gasteiger partial charge on any atom is 0.410 e. The zero-order chi connectivity index (χ0) is 32.3. The maximum absolute atomic E-state index is 14.8. The van der Waals surface area contributed by atoms with Crippen molar-refractivity contribution in [2.75, 3.05) is 13.2 Å². The molecule has 2 atom stereocenters. The van der Waals surface area contributed by atoms with Crippen LogP contribution < -0.4 is 5.32 Å². The molecule has 2 aliphatic heterocycles. The number of amides is 1. The normalized spacial score (nSPS) is 18.6. The molecule has 13 heteroatoms. The molecule has 4 rings (SSSR count). The number of aromatic carboxylic acids is 1.